The first-order valence-corrected chi connectivity index (χ1v) is 12.2. The van der Waals surface area contributed by atoms with E-state index in [1.165, 1.54) is 22.5 Å². The zero-order chi connectivity index (χ0) is 23.0. The Kier molecular flexibility index (Phi) is 6.26. The predicted octanol–water partition coefficient (Wildman–Crippen LogP) is 4.56. The largest absolute Gasteiger partial charge is 0.320 e. The van der Waals surface area contributed by atoms with E-state index in [-0.39, 0.29) is 15.6 Å². The van der Waals surface area contributed by atoms with Crippen LogP contribution in [0.15, 0.2) is 41.3 Å². The van der Waals surface area contributed by atoms with E-state index in [1.54, 1.807) is 13.0 Å². The zero-order valence-electron chi connectivity index (χ0n) is 16.7. The number of nitrogens with one attached hydrogen (secondary N) is 1. The summed E-state index contributed by atoms with van der Waals surface area (Å²) in [4.78, 5) is 12.5. The lowest BCUT2D eigenvalue weighted by atomic mass is 10.2. The maximum absolute atomic E-state index is 13.4. The van der Waals surface area contributed by atoms with Crippen molar-refractivity contribution in [2.45, 2.75) is 30.7 Å². The number of nitrogens with zero attached hydrogens (tertiary/aromatic N) is 3. The van der Waals surface area contributed by atoms with E-state index < -0.39 is 33.6 Å². The van der Waals surface area contributed by atoms with E-state index >= 15 is 0 Å². The molecule has 1 unspecified atom stereocenters. The van der Waals surface area contributed by atoms with E-state index in [4.69, 9.17) is 11.6 Å². The third-order valence-electron chi connectivity index (χ3n) is 5.05. The Balaban J connectivity index is 1.55. The molecule has 0 aliphatic carbocycles. The molecule has 32 heavy (non-hydrogen) atoms. The van der Waals surface area contributed by atoms with Gasteiger partial charge in [-0.1, -0.05) is 29.0 Å². The Hall–Kier alpha value is -2.47. The molecule has 0 spiro atoms. The van der Waals surface area contributed by atoms with Crippen LogP contribution in [0.4, 0.5) is 14.5 Å². The number of aryl methyl sites for hydroxylation is 1. The molecule has 1 aromatic heterocycles. The molecule has 2 aromatic carbocycles. The summed E-state index contributed by atoms with van der Waals surface area (Å²) in [5, 5.41) is 11.0. The predicted molar refractivity (Wildman–Crippen MR) is 116 cm³/mol. The van der Waals surface area contributed by atoms with Crippen LogP contribution in [-0.2, 0) is 10.0 Å². The number of halogens is 3. The van der Waals surface area contributed by atoms with Crippen molar-refractivity contribution in [3.8, 4) is 0 Å². The molecule has 1 amide bonds. The second kappa shape index (κ2) is 8.81. The van der Waals surface area contributed by atoms with Crippen molar-refractivity contribution >= 4 is 44.6 Å². The first kappa shape index (κ1) is 22.7. The van der Waals surface area contributed by atoms with Gasteiger partial charge in [-0.25, -0.2) is 17.2 Å². The maximum atomic E-state index is 13.4. The van der Waals surface area contributed by atoms with E-state index in [0.29, 0.717) is 29.4 Å². The molecule has 1 N–H and O–H groups in total. The van der Waals surface area contributed by atoms with Gasteiger partial charge < -0.3 is 5.32 Å². The first-order valence-electron chi connectivity index (χ1n) is 9.54. The molecule has 12 heteroatoms. The van der Waals surface area contributed by atoms with Crippen molar-refractivity contribution in [3.63, 3.8) is 0 Å². The van der Waals surface area contributed by atoms with Gasteiger partial charge in [0.2, 0.25) is 15.0 Å². The Morgan fingerprint density at radius 3 is 2.69 bits per heavy atom. The minimum Gasteiger partial charge on any atom is -0.320 e. The molecule has 7 nitrogen and oxygen atoms in total. The number of rotatable bonds is 5. The van der Waals surface area contributed by atoms with Crippen LogP contribution >= 0.6 is 22.9 Å². The van der Waals surface area contributed by atoms with Gasteiger partial charge in [0.05, 0.1) is 10.9 Å². The number of sulfonamides is 1. The van der Waals surface area contributed by atoms with Crippen molar-refractivity contribution in [2.24, 2.45) is 0 Å². The number of aromatic nitrogens is 2. The highest BCUT2D eigenvalue weighted by molar-refractivity contribution is 7.89. The van der Waals surface area contributed by atoms with Crippen LogP contribution in [-0.4, -0.2) is 35.4 Å². The monoisotopic (exact) mass is 498 g/mol. The van der Waals surface area contributed by atoms with Crippen LogP contribution in [0.2, 0.25) is 5.02 Å². The topological polar surface area (TPSA) is 92.3 Å². The van der Waals surface area contributed by atoms with Crippen LogP contribution in [0.5, 0.6) is 0 Å². The van der Waals surface area contributed by atoms with Gasteiger partial charge in [0.25, 0.3) is 5.91 Å². The molecular weight excluding hydrogens is 482 g/mol. The van der Waals surface area contributed by atoms with E-state index in [0.717, 1.165) is 29.0 Å². The highest BCUT2D eigenvalue weighted by Gasteiger charge is 2.38. The van der Waals surface area contributed by atoms with Crippen molar-refractivity contribution < 1.29 is 22.0 Å². The molecule has 1 atom stereocenters. The quantitative estimate of drug-likeness (QED) is 0.557. The highest BCUT2D eigenvalue weighted by atomic mass is 35.5. The number of hydrogen-bond donors (Lipinski definition) is 1. The maximum Gasteiger partial charge on any atom is 0.286 e. The molecule has 1 saturated heterocycles. The summed E-state index contributed by atoms with van der Waals surface area (Å²) in [6.45, 7) is 2.08. The fraction of sp³-hybridized carbons (Fsp3) is 0.250. The van der Waals surface area contributed by atoms with Gasteiger partial charge in [0.1, 0.15) is 5.01 Å². The van der Waals surface area contributed by atoms with Crippen molar-refractivity contribution in [1.82, 2.24) is 14.5 Å². The molecule has 1 fully saturated rings. The lowest BCUT2D eigenvalue weighted by molar-refractivity contribution is 0.102. The molecule has 0 saturated carbocycles. The Morgan fingerprint density at radius 2 is 1.97 bits per heavy atom. The molecule has 0 radical (unpaired) electrons. The Morgan fingerprint density at radius 1 is 1.19 bits per heavy atom. The van der Waals surface area contributed by atoms with Crippen LogP contribution in [0.1, 0.15) is 39.3 Å². The van der Waals surface area contributed by atoms with Gasteiger partial charge in [-0.3, -0.25) is 4.79 Å². The summed E-state index contributed by atoms with van der Waals surface area (Å²) in [5.41, 5.74) is 0.830. The molecule has 0 bridgehead atoms. The van der Waals surface area contributed by atoms with Gasteiger partial charge in [-0.15, -0.1) is 10.2 Å². The summed E-state index contributed by atoms with van der Waals surface area (Å²) in [5.74, 6) is -2.78. The normalized spacial score (nSPS) is 16.9. The third-order valence-corrected chi connectivity index (χ3v) is 8.39. The van der Waals surface area contributed by atoms with Gasteiger partial charge >= 0.3 is 0 Å². The fourth-order valence-corrected chi connectivity index (χ4v) is 6.25. The Labute approximate surface area is 192 Å². The number of anilines is 1. The smallest absolute Gasteiger partial charge is 0.286 e. The van der Waals surface area contributed by atoms with Crippen LogP contribution < -0.4 is 5.32 Å². The lowest BCUT2D eigenvalue weighted by Crippen LogP contribution is -2.30. The summed E-state index contributed by atoms with van der Waals surface area (Å²) in [6, 6.07) is 6.97. The third kappa shape index (κ3) is 4.38. The van der Waals surface area contributed by atoms with Gasteiger partial charge in [0.15, 0.2) is 11.6 Å². The van der Waals surface area contributed by atoms with Crippen molar-refractivity contribution in [3.05, 3.63) is 68.6 Å². The minimum absolute atomic E-state index is 0.0210. The van der Waals surface area contributed by atoms with Gasteiger partial charge in [0, 0.05) is 23.3 Å². The van der Waals surface area contributed by atoms with E-state index in [1.807, 2.05) is 0 Å². The minimum atomic E-state index is -3.83. The number of benzene rings is 2. The highest BCUT2D eigenvalue weighted by Crippen LogP contribution is 2.38. The van der Waals surface area contributed by atoms with Gasteiger partial charge in [-0.2, -0.15) is 4.31 Å². The molecule has 4 rings (SSSR count). The lowest BCUT2D eigenvalue weighted by Gasteiger charge is -2.22. The summed E-state index contributed by atoms with van der Waals surface area (Å²) in [6.07, 6.45) is 1.15. The number of amides is 1. The molecule has 3 aromatic rings. The van der Waals surface area contributed by atoms with Crippen LogP contribution in [0.25, 0.3) is 0 Å². The standard InChI is InChI=1S/C20H17ClF2N4O3S2/c1-11-4-6-13(10-14(11)21)32(29,30)27-8-2-3-17(27)19-25-26-20(31-19)18(28)24-12-5-7-15(22)16(23)9-12/h4-7,9-10,17H,2-3,8H2,1H3,(H,24,28). The van der Waals surface area contributed by atoms with Crippen LogP contribution in [0, 0.1) is 18.6 Å². The average molecular weight is 499 g/mol. The number of carbonyl (C=O) groups is 1. The summed E-state index contributed by atoms with van der Waals surface area (Å²) < 4.78 is 54.2. The number of hydrogen-bond acceptors (Lipinski definition) is 6. The molecule has 1 aliphatic heterocycles. The summed E-state index contributed by atoms with van der Waals surface area (Å²) in [7, 11) is -3.83. The summed E-state index contributed by atoms with van der Waals surface area (Å²) >= 11 is 7.06. The van der Waals surface area contributed by atoms with Crippen molar-refractivity contribution in [2.75, 3.05) is 11.9 Å². The Bertz CT molecular complexity index is 1300. The molecule has 2 heterocycles. The van der Waals surface area contributed by atoms with Gasteiger partial charge in [-0.05, 0) is 49.6 Å². The average Bonchev–Trinajstić information content (AvgIpc) is 3.42. The SMILES string of the molecule is Cc1ccc(S(=O)(=O)N2CCCC2c2nnc(C(=O)Nc3ccc(F)c(F)c3)s2)cc1Cl. The fourth-order valence-electron chi connectivity index (χ4n) is 3.36. The first-order chi connectivity index (χ1) is 15.2. The second-order valence-electron chi connectivity index (χ2n) is 7.21. The molecular formula is C20H17ClF2N4O3S2. The number of carbonyl (C=O) groups excluding carboxylic acids is 1. The van der Waals surface area contributed by atoms with E-state index in [2.05, 4.69) is 15.5 Å². The van der Waals surface area contributed by atoms with Crippen molar-refractivity contribution in [1.29, 1.82) is 0 Å². The molecule has 168 valence electrons. The zero-order valence-corrected chi connectivity index (χ0v) is 19.1. The second-order valence-corrected chi connectivity index (χ2v) is 10.5. The molecule has 1 aliphatic rings. The van der Waals surface area contributed by atoms with E-state index in [9.17, 15) is 22.0 Å². The van der Waals surface area contributed by atoms with Crippen LogP contribution in [0.3, 0.4) is 0 Å².